The van der Waals surface area contributed by atoms with E-state index in [1.54, 1.807) is 12.1 Å². The maximum Gasteiger partial charge on any atom is 0.311 e. The predicted octanol–water partition coefficient (Wildman–Crippen LogP) is 2.27. The first-order valence-corrected chi connectivity index (χ1v) is 5.82. The van der Waals surface area contributed by atoms with Crippen molar-refractivity contribution in [2.75, 3.05) is 19.0 Å². The van der Waals surface area contributed by atoms with Crippen LogP contribution < -0.4 is 10.1 Å². The van der Waals surface area contributed by atoms with Crippen LogP contribution in [0.25, 0.3) is 0 Å². The molecule has 0 saturated heterocycles. The van der Waals surface area contributed by atoms with Crippen molar-refractivity contribution < 1.29 is 19.6 Å². The molecule has 0 unspecified atom stereocenters. The van der Waals surface area contributed by atoms with Gasteiger partial charge in [-0.3, -0.25) is 14.9 Å². The molecule has 0 saturated carbocycles. The van der Waals surface area contributed by atoms with Crippen molar-refractivity contribution in [3.8, 4) is 5.75 Å². The van der Waals surface area contributed by atoms with E-state index in [-0.39, 0.29) is 17.9 Å². The van der Waals surface area contributed by atoms with Crippen LogP contribution in [-0.4, -0.2) is 29.7 Å². The van der Waals surface area contributed by atoms with Crippen LogP contribution in [-0.2, 0) is 4.79 Å². The molecule has 104 valence electrons. The Morgan fingerprint density at radius 2 is 2.21 bits per heavy atom. The summed E-state index contributed by atoms with van der Waals surface area (Å²) < 4.78 is 4.95. The second-order valence-electron chi connectivity index (χ2n) is 3.92. The number of carboxylic acid groups (broad SMARTS) is 1. The number of benzene rings is 1. The molecule has 1 rings (SSSR count). The number of nitrogens with one attached hydrogen (secondary N) is 1. The largest absolute Gasteiger partial charge is 0.490 e. The fourth-order valence-electron chi connectivity index (χ4n) is 1.57. The maximum absolute atomic E-state index is 10.7. The highest BCUT2D eigenvalue weighted by molar-refractivity contribution is 5.66. The number of aliphatic carboxylic acids is 1. The quantitative estimate of drug-likeness (QED) is 0.426. The zero-order valence-electron chi connectivity index (χ0n) is 10.6. The fourth-order valence-corrected chi connectivity index (χ4v) is 1.57. The number of nitrogens with zero attached hydrogens (tertiary/aromatic N) is 1. The van der Waals surface area contributed by atoms with E-state index in [2.05, 4.69) is 5.32 Å². The van der Waals surface area contributed by atoms with Crippen molar-refractivity contribution in [2.45, 2.75) is 19.3 Å². The number of nitro benzene ring substituents is 1. The van der Waals surface area contributed by atoms with Gasteiger partial charge in [-0.2, -0.15) is 0 Å². The minimum atomic E-state index is -0.808. The van der Waals surface area contributed by atoms with Gasteiger partial charge in [0.05, 0.1) is 12.0 Å². The van der Waals surface area contributed by atoms with Crippen LogP contribution in [0.15, 0.2) is 18.2 Å². The molecule has 0 aliphatic rings. The number of nitro groups is 1. The molecule has 0 aromatic heterocycles. The smallest absolute Gasteiger partial charge is 0.311 e. The summed E-state index contributed by atoms with van der Waals surface area (Å²) in [6, 6.07) is 4.52. The van der Waals surface area contributed by atoms with Gasteiger partial charge in [-0.1, -0.05) is 0 Å². The first-order chi connectivity index (χ1) is 9.04. The number of hydrogen-bond acceptors (Lipinski definition) is 5. The van der Waals surface area contributed by atoms with Crippen LogP contribution in [0, 0.1) is 10.1 Å². The predicted molar refractivity (Wildman–Crippen MR) is 69.6 cm³/mol. The molecule has 0 radical (unpaired) electrons. The number of methoxy groups -OCH3 is 1. The summed E-state index contributed by atoms with van der Waals surface area (Å²) in [5.74, 6) is -0.613. The first kappa shape index (κ1) is 14.7. The molecule has 0 spiro atoms. The normalized spacial score (nSPS) is 9.95. The summed E-state index contributed by atoms with van der Waals surface area (Å²) in [6.07, 6.45) is 1.45. The number of carboxylic acids is 1. The second kappa shape index (κ2) is 7.20. The topological polar surface area (TPSA) is 102 Å². The molecule has 7 nitrogen and oxygen atoms in total. The van der Waals surface area contributed by atoms with E-state index < -0.39 is 10.9 Å². The standard InChI is InChI=1S/C12H16N2O5/c1-19-11-8-9(5-6-10(11)14(17)18)13-7-3-2-4-12(15)16/h5-6,8,13H,2-4,7H2,1H3,(H,15,16). The Hall–Kier alpha value is -2.31. The molecule has 0 heterocycles. The summed E-state index contributed by atoms with van der Waals surface area (Å²) >= 11 is 0. The van der Waals surface area contributed by atoms with E-state index in [4.69, 9.17) is 9.84 Å². The number of rotatable bonds is 8. The van der Waals surface area contributed by atoms with Crippen LogP contribution in [0.5, 0.6) is 5.75 Å². The van der Waals surface area contributed by atoms with Gasteiger partial charge in [-0.25, -0.2) is 0 Å². The third-order valence-electron chi connectivity index (χ3n) is 2.52. The summed E-state index contributed by atoms with van der Waals surface area (Å²) in [5, 5.41) is 22.2. The van der Waals surface area contributed by atoms with E-state index in [1.165, 1.54) is 13.2 Å². The van der Waals surface area contributed by atoms with Crippen LogP contribution in [0.3, 0.4) is 0 Å². The van der Waals surface area contributed by atoms with E-state index in [0.717, 1.165) is 0 Å². The molecule has 0 fully saturated rings. The molecule has 0 aliphatic carbocycles. The van der Waals surface area contributed by atoms with Crippen molar-refractivity contribution >= 4 is 17.3 Å². The molecule has 2 N–H and O–H groups in total. The molecule has 0 amide bonds. The van der Waals surface area contributed by atoms with Gasteiger partial charge in [-0.05, 0) is 18.9 Å². The Balaban J connectivity index is 2.51. The SMILES string of the molecule is COc1cc(NCCCCC(=O)O)ccc1[N+](=O)[O-]. The lowest BCUT2D eigenvalue weighted by Crippen LogP contribution is -2.04. The van der Waals surface area contributed by atoms with Gasteiger partial charge >= 0.3 is 11.7 Å². The lowest BCUT2D eigenvalue weighted by molar-refractivity contribution is -0.385. The van der Waals surface area contributed by atoms with Gasteiger partial charge in [0.2, 0.25) is 0 Å². The van der Waals surface area contributed by atoms with Gasteiger partial charge in [0.15, 0.2) is 5.75 Å². The zero-order valence-corrected chi connectivity index (χ0v) is 10.6. The third kappa shape index (κ3) is 4.82. The second-order valence-corrected chi connectivity index (χ2v) is 3.92. The first-order valence-electron chi connectivity index (χ1n) is 5.82. The highest BCUT2D eigenvalue weighted by Crippen LogP contribution is 2.29. The number of unbranched alkanes of at least 4 members (excludes halogenated alkanes) is 1. The maximum atomic E-state index is 10.7. The van der Waals surface area contributed by atoms with Gasteiger partial charge in [0.1, 0.15) is 0 Å². The van der Waals surface area contributed by atoms with Crippen molar-refractivity contribution in [1.29, 1.82) is 0 Å². The summed E-state index contributed by atoms with van der Waals surface area (Å²) in [5.41, 5.74) is 0.622. The van der Waals surface area contributed by atoms with Crippen molar-refractivity contribution in [3.63, 3.8) is 0 Å². The average molecular weight is 268 g/mol. The van der Waals surface area contributed by atoms with Crippen LogP contribution in [0.2, 0.25) is 0 Å². The van der Waals surface area contributed by atoms with Gasteiger partial charge in [0, 0.05) is 30.8 Å². The Kier molecular flexibility index (Phi) is 5.59. The van der Waals surface area contributed by atoms with Crippen LogP contribution in [0.4, 0.5) is 11.4 Å². The van der Waals surface area contributed by atoms with Crippen molar-refractivity contribution in [2.24, 2.45) is 0 Å². The Morgan fingerprint density at radius 3 is 2.79 bits per heavy atom. The molecule has 0 atom stereocenters. The highest BCUT2D eigenvalue weighted by Gasteiger charge is 2.14. The number of carbonyl (C=O) groups is 1. The van der Waals surface area contributed by atoms with E-state index >= 15 is 0 Å². The highest BCUT2D eigenvalue weighted by atomic mass is 16.6. The lowest BCUT2D eigenvalue weighted by Gasteiger charge is -2.08. The van der Waals surface area contributed by atoms with Gasteiger partial charge in [0.25, 0.3) is 0 Å². The van der Waals surface area contributed by atoms with Crippen molar-refractivity contribution in [1.82, 2.24) is 0 Å². The molecular weight excluding hydrogens is 252 g/mol. The minimum absolute atomic E-state index is 0.0843. The summed E-state index contributed by atoms with van der Waals surface area (Å²) in [4.78, 5) is 20.5. The number of hydrogen-bond donors (Lipinski definition) is 2. The summed E-state index contributed by atoms with van der Waals surface area (Å²) in [7, 11) is 1.37. The molecule has 1 aromatic carbocycles. The molecule has 7 heteroatoms. The monoisotopic (exact) mass is 268 g/mol. The van der Waals surface area contributed by atoms with E-state index in [9.17, 15) is 14.9 Å². The van der Waals surface area contributed by atoms with Gasteiger partial charge < -0.3 is 15.2 Å². The van der Waals surface area contributed by atoms with Gasteiger partial charge in [-0.15, -0.1) is 0 Å². The van der Waals surface area contributed by atoms with Crippen LogP contribution >= 0.6 is 0 Å². The lowest BCUT2D eigenvalue weighted by atomic mass is 10.2. The Bertz CT molecular complexity index is 461. The van der Waals surface area contributed by atoms with Crippen molar-refractivity contribution in [3.05, 3.63) is 28.3 Å². The Morgan fingerprint density at radius 1 is 1.47 bits per heavy atom. The average Bonchev–Trinajstić information content (AvgIpc) is 2.37. The number of anilines is 1. The van der Waals surface area contributed by atoms with E-state index in [1.807, 2.05) is 0 Å². The van der Waals surface area contributed by atoms with Crippen LogP contribution in [0.1, 0.15) is 19.3 Å². The Labute approximate surface area is 110 Å². The third-order valence-corrected chi connectivity index (χ3v) is 2.52. The number of ether oxygens (including phenoxy) is 1. The molecular formula is C12H16N2O5. The van der Waals surface area contributed by atoms with E-state index in [0.29, 0.717) is 25.1 Å². The molecule has 19 heavy (non-hydrogen) atoms. The molecule has 0 aliphatic heterocycles. The molecule has 1 aromatic rings. The zero-order chi connectivity index (χ0) is 14.3. The minimum Gasteiger partial charge on any atom is -0.490 e. The summed E-state index contributed by atoms with van der Waals surface area (Å²) in [6.45, 7) is 0.605. The fraction of sp³-hybridized carbons (Fsp3) is 0.417. The molecule has 0 bridgehead atoms.